The van der Waals surface area contributed by atoms with Gasteiger partial charge in [0.1, 0.15) is 4.21 Å². The average molecular weight is 320 g/mol. The van der Waals surface area contributed by atoms with Crippen LogP contribution in [-0.2, 0) is 10.0 Å². The number of sulfonamides is 1. The summed E-state index contributed by atoms with van der Waals surface area (Å²) in [6.07, 6.45) is 1.97. The Morgan fingerprint density at radius 2 is 1.83 bits per heavy atom. The molecule has 7 heteroatoms. The lowest BCUT2D eigenvalue weighted by molar-refractivity contribution is 0.603. The third-order valence-electron chi connectivity index (χ3n) is 2.16. The van der Waals surface area contributed by atoms with Crippen molar-refractivity contribution < 1.29 is 8.42 Å². The highest BCUT2D eigenvalue weighted by atomic mass is 35.5. The normalized spacial score (nSPS) is 11.4. The molecule has 2 rings (SSSR count). The molecule has 0 radical (unpaired) electrons. The molecule has 0 unspecified atom stereocenters. The van der Waals surface area contributed by atoms with Crippen LogP contribution in [-0.4, -0.2) is 14.7 Å². The molecule has 0 amide bonds. The van der Waals surface area contributed by atoms with E-state index < -0.39 is 10.0 Å². The van der Waals surface area contributed by atoms with Crippen LogP contribution in [0.25, 0.3) is 0 Å². The standard InChI is InChI=1S/C11H10ClNO2S3/c1-16-9-4-2-8(3-5-9)13-18(14,15)11-7-6-10(12)17-11/h2-7,13H,1H3. The van der Waals surface area contributed by atoms with Crippen LogP contribution in [0.1, 0.15) is 0 Å². The Morgan fingerprint density at radius 3 is 2.33 bits per heavy atom. The Kier molecular flexibility index (Phi) is 4.21. The van der Waals surface area contributed by atoms with Crippen LogP contribution in [0.3, 0.4) is 0 Å². The molecule has 0 bridgehead atoms. The Hall–Kier alpha value is -0.690. The molecule has 0 aliphatic rings. The van der Waals surface area contributed by atoms with Crippen molar-refractivity contribution in [1.29, 1.82) is 0 Å². The summed E-state index contributed by atoms with van der Waals surface area (Å²) in [7, 11) is -3.53. The van der Waals surface area contributed by atoms with Gasteiger partial charge in [-0.2, -0.15) is 0 Å². The topological polar surface area (TPSA) is 46.2 Å². The summed E-state index contributed by atoms with van der Waals surface area (Å²) >= 11 is 8.37. The molecule has 1 heterocycles. The summed E-state index contributed by atoms with van der Waals surface area (Å²) in [5.74, 6) is 0. The number of thiophene rings is 1. The minimum Gasteiger partial charge on any atom is -0.279 e. The molecule has 1 aromatic carbocycles. The molecule has 2 aromatic rings. The first kappa shape index (κ1) is 13.7. The highest BCUT2D eigenvalue weighted by Crippen LogP contribution is 2.27. The van der Waals surface area contributed by atoms with E-state index in [-0.39, 0.29) is 4.21 Å². The van der Waals surface area contributed by atoms with Gasteiger partial charge in [0.2, 0.25) is 0 Å². The van der Waals surface area contributed by atoms with E-state index in [1.807, 2.05) is 18.4 Å². The van der Waals surface area contributed by atoms with Gasteiger partial charge in [0.15, 0.2) is 0 Å². The van der Waals surface area contributed by atoms with Crippen molar-refractivity contribution in [2.75, 3.05) is 11.0 Å². The zero-order valence-electron chi connectivity index (χ0n) is 9.38. The van der Waals surface area contributed by atoms with Crippen molar-refractivity contribution >= 4 is 50.4 Å². The summed E-state index contributed by atoms with van der Waals surface area (Å²) in [6, 6.07) is 10.3. The molecule has 0 fully saturated rings. The lowest BCUT2D eigenvalue weighted by atomic mass is 10.3. The number of nitrogens with one attached hydrogen (secondary N) is 1. The maximum absolute atomic E-state index is 12.0. The van der Waals surface area contributed by atoms with Crippen molar-refractivity contribution in [3.05, 3.63) is 40.7 Å². The summed E-state index contributed by atoms with van der Waals surface area (Å²) in [4.78, 5) is 1.08. The second-order valence-corrected chi connectivity index (χ2v) is 7.90. The fraction of sp³-hybridized carbons (Fsp3) is 0.0909. The molecule has 0 saturated heterocycles. The second kappa shape index (κ2) is 5.52. The molecular weight excluding hydrogens is 310 g/mol. The van der Waals surface area contributed by atoms with Gasteiger partial charge in [0.05, 0.1) is 4.34 Å². The number of thioether (sulfide) groups is 1. The van der Waals surface area contributed by atoms with Crippen molar-refractivity contribution in [1.82, 2.24) is 0 Å². The van der Waals surface area contributed by atoms with Crippen LogP contribution >= 0.6 is 34.7 Å². The lowest BCUT2D eigenvalue weighted by Gasteiger charge is -2.06. The predicted molar refractivity (Wildman–Crippen MR) is 78.4 cm³/mol. The molecule has 3 nitrogen and oxygen atoms in total. The Labute approximate surface area is 119 Å². The monoisotopic (exact) mass is 319 g/mol. The fourth-order valence-electron chi connectivity index (χ4n) is 1.31. The third-order valence-corrected chi connectivity index (χ3v) is 6.00. The van der Waals surface area contributed by atoms with Gasteiger partial charge < -0.3 is 0 Å². The highest BCUT2D eigenvalue weighted by molar-refractivity contribution is 7.98. The third kappa shape index (κ3) is 3.20. The van der Waals surface area contributed by atoms with Crippen LogP contribution in [0.2, 0.25) is 4.34 Å². The molecule has 0 aliphatic heterocycles. The summed E-state index contributed by atoms with van der Waals surface area (Å²) < 4.78 is 27.2. The fourth-order valence-corrected chi connectivity index (χ4v) is 4.26. The van der Waals surface area contributed by atoms with Crippen molar-refractivity contribution in [2.24, 2.45) is 0 Å². The second-order valence-electron chi connectivity index (χ2n) is 3.39. The minimum atomic E-state index is -3.53. The van der Waals surface area contributed by atoms with Crippen LogP contribution in [0.5, 0.6) is 0 Å². The summed E-state index contributed by atoms with van der Waals surface area (Å²) in [5, 5.41) is 0. The predicted octanol–water partition coefficient (Wildman–Crippen LogP) is 3.92. The van der Waals surface area contributed by atoms with E-state index in [1.165, 1.54) is 6.07 Å². The van der Waals surface area contributed by atoms with Crippen LogP contribution in [0, 0.1) is 0 Å². The molecule has 0 spiro atoms. The number of rotatable bonds is 4. The average Bonchev–Trinajstić information content (AvgIpc) is 2.77. The minimum absolute atomic E-state index is 0.210. The van der Waals surface area contributed by atoms with Crippen molar-refractivity contribution in [3.63, 3.8) is 0 Å². The zero-order chi connectivity index (χ0) is 13.2. The smallest absolute Gasteiger partial charge is 0.271 e. The summed E-state index contributed by atoms with van der Waals surface area (Å²) in [5.41, 5.74) is 0.539. The molecule has 1 N–H and O–H groups in total. The van der Waals surface area contributed by atoms with Gasteiger partial charge in [0.25, 0.3) is 10.0 Å². The van der Waals surface area contributed by atoms with E-state index >= 15 is 0 Å². The Bertz CT molecular complexity index is 635. The Balaban J connectivity index is 2.22. The first-order chi connectivity index (χ1) is 8.51. The van der Waals surface area contributed by atoms with Crippen molar-refractivity contribution in [3.8, 4) is 0 Å². The van der Waals surface area contributed by atoms with Crippen LogP contribution in [0.15, 0.2) is 45.5 Å². The first-order valence-electron chi connectivity index (χ1n) is 4.93. The number of benzene rings is 1. The van der Waals surface area contributed by atoms with Gasteiger partial charge in [-0.05, 0) is 42.7 Å². The van der Waals surface area contributed by atoms with E-state index in [2.05, 4.69) is 4.72 Å². The summed E-state index contributed by atoms with van der Waals surface area (Å²) in [6.45, 7) is 0. The quantitative estimate of drug-likeness (QED) is 0.869. The SMILES string of the molecule is CSc1ccc(NS(=O)(=O)c2ccc(Cl)s2)cc1. The molecule has 0 atom stereocenters. The Morgan fingerprint density at radius 1 is 1.17 bits per heavy atom. The number of halogens is 1. The van der Waals surface area contributed by atoms with Crippen LogP contribution in [0.4, 0.5) is 5.69 Å². The number of hydrogen-bond donors (Lipinski definition) is 1. The number of anilines is 1. The molecule has 0 saturated carbocycles. The van der Waals surface area contributed by atoms with Gasteiger partial charge >= 0.3 is 0 Å². The molecule has 0 aliphatic carbocycles. The molecule has 18 heavy (non-hydrogen) atoms. The van der Waals surface area contributed by atoms with E-state index in [4.69, 9.17) is 11.6 Å². The number of hydrogen-bond acceptors (Lipinski definition) is 4. The van der Waals surface area contributed by atoms with E-state index in [0.29, 0.717) is 10.0 Å². The van der Waals surface area contributed by atoms with Gasteiger partial charge in [0, 0.05) is 10.6 Å². The van der Waals surface area contributed by atoms with Gasteiger partial charge in [-0.15, -0.1) is 23.1 Å². The van der Waals surface area contributed by atoms with Gasteiger partial charge in [-0.3, -0.25) is 4.72 Å². The van der Waals surface area contributed by atoms with E-state index in [1.54, 1.807) is 30.0 Å². The van der Waals surface area contributed by atoms with Gasteiger partial charge in [-0.25, -0.2) is 8.42 Å². The molecule has 1 aromatic heterocycles. The van der Waals surface area contributed by atoms with Crippen molar-refractivity contribution in [2.45, 2.75) is 9.10 Å². The van der Waals surface area contributed by atoms with E-state index in [9.17, 15) is 8.42 Å². The zero-order valence-corrected chi connectivity index (χ0v) is 12.6. The van der Waals surface area contributed by atoms with E-state index in [0.717, 1.165) is 16.2 Å². The highest BCUT2D eigenvalue weighted by Gasteiger charge is 2.16. The van der Waals surface area contributed by atoms with Crippen LogP contribution < -0.4 is 4.72 Å². The van der Waals surface area contributed by atoms with Gasteiger partial charge in [-0.1, -0.05) is 11.6 Å². The maximum atomic E-state index is 12.0. The maximum Gasteiger partial charge on any atom is 0.271 e. The first-order valence-corrected chi connectivity index (χ1v) is 8.84. The lowest BCUT2D eigenvalue weighted by Crippen LogP contribution is -2.11. The molecular formula is C11H10ClNO2S3. The molecule has 96 valence electrons. The largest absolute Gasteiger partial charge is 0.279 e.